The molecule has 18 heavy (non-hydrogen) atoms. The van der Waals surface area contributed by atoms with Crippen LogP contribution in [0, 0.1) is 5.41 Å². The number of likely N-dealkylation sites (tertiary alicyclic amines) is 1. The van der Waals surface area contributed by atoms with Crippen molar-refractivity contribution in [3.05, 3.63) is 0 Å². The number of amides is 1. The summed E-state index contributed by atoms with van der Waals surface area (Å²) in [5.74, 6) is 0.000278. The number of rotatable bonds is 5. The fourth-order valence-corrected chi connectivity index (χ4v) is 3.02. The van der Waals surface area contributed by atoms with E-state index < -0.39 is 5.41 Å². The summed E-state index contributed by atoms with van der Waals surface area (Å²) in [5, 5.41) is 3.13. The van der Waals surface area contributed by atoms with E-state index >= 15 is 0 Å². The van der Waals surface area contributed by atoms with E-state index in [0.29, 0.717) is 17.8 Å². The van der Waals surface area contributed by atoms with Crippen molar-refractivity contribution in [2.75, 3.05) is 20.1 Å². The smallest absolute Gasteiger partial charge is 0.233 e. The average Bonchev–Trinajstić information content (AvgIpc) is 2.30. The Balaban J connectivity index is 2.70. The molecule has 0 aromatic rings. The molecule has 0 saturated carbocycles. The molecule has 1 heterocycles. The van der Waals surface area contributed by atoms with Gasteiger partial charge in [-0.15, -0.1) is 0 Å². The minimum Gasteiger partial charge on any atom is -0.392 e. The average molecular weight is 271 g/mol. The SMILES string of the molecule is CCC(CC)(C(=O)NC1CCCN(C)C1)C(N)=S. The van der Waals surface area contributed by atoms with Crippen LogP contribution in [0.15, 0.2) is 0 Å². The second kappa shape index (κ2) is 6.48. The lowest BCUT2D eigenvalue weighted by Gasteiger charge is -2.35. The van der Waals surface area contributed by atoms with Gasteiger partial charge in [0, 0.05) is 12.6 Å². The van der Waals surface area contributed by atoms with Crippen LogP contribution in [0.2, 0.25) is 0 Å². The molecular weight excluding hydrogens is 246 g/mol. The number of thiocarbonyl (C=S) groups is 1. The monoisotopic (exact) mass is 271 g/mol. The highest BCUT2D eigenvalue weighted by molar-refractivity contribution is 7.80. The normalized spacial score (nSPS) is 21.6. The van der Waals surface area contributed by atoms with E-state index in [1.54, 1.807) is 0 Å². The highest BCUT2D eigenvalue weighted by atomic mass is 32.1. The number of likely N-dealkylation sites (N-methyl/N-ethyl adjacent to an activating group) is 1. The van der Waals surface area contributed by atoms with Crippen LogP contribution < -0.4 is 11.1 Å². The standard InChI is InChI=1S/C13H25N3OS/c1-4-13(5-2,11(14)18)12(17)15-10-7-6-8-16(3)9-10/h10H,4-9H2,1-3H3,(H2,14,18)(H,15,17). The molecule has 1 aliphatic rings. The zero-order valence-corrected chi connectivity index (χ0v) is 12.5. The van der Waals surface area contributed by atoms with E-state index in [1.807, 2.05) is 13.8 Å². The van der Waals surface area contributed by atoms with Crippen LogP contribution in [0.4, 0.5) is 0 Å². The summed E-state index contributed by atoms with van der Waals surface area (Å²) in [4.78, 5) is 15.0. The van der Waals surface area contributed by atoms with Gasteiger partial charge in [-0.1, -0.05) is 26.1 Å². The van der Waals surface area contributed by atoms with Crippen LogP contribution in [0.1, 0.15) is 39.5 Å². The van der Waals surface area contributed by atoms with Crippen molar-refractivity contribution in [2.24, 2.45) is 11.1 Å². The Hall–Kier alpha value is -0.680. The van der Waals surface area contributed by atoms with Crippen LogP contribution in [0.3, 0.4) is 0 Å². The number of nitrogens with zero attached hydrogens (tertiary/aromatic N) is 1. The van der Waals surface area contributed by atoms with Gasteiger partial charge >= 0.3 is 0 Å². The van der Waals surface area contributed by atoms with Crippen LogP contribution >= 0.6 is 12.2 Å². The van der Waals surface area contributed by atoms with Crippen LogP contribution in [0.5, 0.6) is 0 Å². The molecular formula is C13H25N3OS. The van der Waals surface area contributed by atoms with E-state index in [9.17, 15) is 4.79 Å². The van der Waals surface area contributed by atoms with E-state index in [4.69, 9.17) is 18.0 Å². The second-order valence-electron chi connectivity index (χ2n) is 5.23. The molecule has 1 fully saturated rings. The van der Waals surface area contributed by atoms with E-state index in [0.717, 1.165) is 25.9 Å². The predicted molar refractivity (Wildman–Crippen MR) is 78.5 cm³/mol. The molecule has 4 nitrogen and oxygen atoms in total. The van der Waals surface area contributed by atoms with Crippen LogP contribution in [0.25, 0.3) is 0 Å². The number of carbonyl (C=O) groups is 1. The Labute approximate surface area is 115 Å². The Morgan fingerprint density at radius 1 is 1.50 bits per heavy atom. The number of hydrogen-bond donors (Lipinski definition) is 2. The lowest BCUT2D eigenvalue weighted by molar-refractivity contribution is -0.128. The molecule has 1 aliphatic heterocycles. The molecule has 0 aromatic carbocycles. The van der Waals surface area contributed by atoms with Gasteiger partial charge in [0.15, 0.2) is 0 Å². The van der Waals surface area contributed by atoms with Gasteiger partial charge < -0.3 is 16.0 Å². The molecule has 1 atom stereocenters. The number of nitrogens with one attached hydrogen (secondary N) is 1. The zero-order chi connectivity index (χ0) is 13.8. The third-order valence-electron chi connectivity index (χ3n) is 4.07. The first-order valence-electron chi connectivity index (χ1n) is 6.75. The highest BCUT2D eigenvalue weighted by Crippen LogP contribution is 2.27. The Morgan fingerprint density at radius 3 is 2.56 bits per heavy atom. The summed E-state index contributed by atoms with van der Waals surface area (Å²) in [6.07, 6.45) is 3.48. The summed E-state index contributed by atoms with van der Waals surface area (Å²) >= 11 is 5.10. The maximum absolute atomic E-state index is 12.4. The summed E-state index contributed by atoms with van der Waals surface area (Å²) in [6, 6.07) is 0.225. The quantitative estimate of drug-likeness (QED) is 0.740. The molecule has 1 rings (SSSR count). The number of hydrogen-bond acceptors (Lipinski definition) is 3. The van der Waals surface area contributed by atoms with Crippen molar-refractivity contribution < 1.29 is 4.79 Å². The summed E-state index contributed by atoms with van der Waals surface area (Å²) in [6.45, 7) is 5.95. The molecule has 0 aliphatic carbocycles. The lowest BCUT2D eigenvalue weighted by Crippen LogP contribution is -2.54. The first-order chi connectivity index (χ1) is 8.46. The van der Waals surface area contributed by atoms with Gasteiger partial charge in [-0.05, 0) is 39.3 Å². The molecule has 1 unspecified atom stereocenters. The Kier molecular flexibility index (Phi) is 5.53. The maximum atomic E-state index is 12.4. The van der Waals surface area contributed by atoms with Gasteiger partial charge in [0.05, 0.1) is 10.4 Å². The van der Waals surface area contributed by atoms with E-state index in [1.165, 1.54) is 0 Å². The van der Waals surface area contributed by atoms with Crippen molar-refractivity contribution >= 4 is 23.1 Å². The maximum Gasteiger partial charge on any atom is 0.233 e. The molecule has 5 heteroatoms. The van der Waals surface area contributed by atoms with Crippen LogP contribution in [-0.4, -0.2) is 42.0 Å². The molecule has 0 bridgehead atoms. The van der Waals surface area contributed by atoms with E-state index in [-0.39, 0.29) is 11.9 Å². The van der Waals surface area contributed by atoms with Crippen molar-refractivity contribution in [2.45, 2.75) is 45.6 Å². The summed E-state index contributed by atoms with van der Waals surface area (Å²) < 4.78 is 0. The molecule has 104 valence electrons. The molecule has 0 aromatic heterocycles. The predicted octanol–water partition coefficient (Wildman–Crippen LogP) is 1.29. The van der Waals surface area contributed by atoms with Crippen molar-refractivity contribution in [1.82, 2.24) is 10.2 Å². The van der Waals surface area contributed by atoms with Gasteiger partial charge in [0.25, 0.3) is 0 Å². The van der Waals surface area contributed by atoms with Gasteiger partial charge in [0.1, 0.15) is 0 Å². The van der Waals surface area contributed by atoms with Gasteiger partial charge in [-0.3, -0.25) is 4.79 Å². The topological polar surface area (TPSA) is 58.4 Å². The largest absolute Gasteiger partial charge is 0.392 e. The molecule has 3 N–H and O–H groups in total. The third-order valence-corrected chi connectivity index (χ3v) is 4.46. The molecule has 1 saturated heterocycles. The highest BCUT2D eigenvalue weighted by Gasteiger charge is 2.39. The fraction of sp³-hybridized carbons (Fsp3) is 0.846. The van der Waals surface area contributed by atoms with Gasteiger partial charge in [-0.2, -0.15) is 0 Å². The van der Waals surface area contributed by atoms with Crippen LogP contribution in [-0.2, 0) is 4.79 Å². The van der Waals surface area contributed by atoms with E-state index in [2.05, 4.69) is 17.3 Å². The molecule has 0 spiro atoms. The first kappa shape index (κ1) is 15.4. The zero-order valence-electron chi connectivity index (χ0n) is 11.7. The molecule has 1 amide bonds. The Bertz CT molecular complexity index is 315. The minimum absolute atomic E-state index is 0.000278. The summed E-state index contributed by atoms with van der Waals surface area (Å²) in [5.41, 5.74) is 5.11. The Morgan fingerprint density at radius 2 is 2.11 bits per heavy atom. The number of nitrogens with two attached hydrogens (primary N) is 1. The fourth-order valence-electron chi connectivity index (χ4n) is 2.64. The first-order valence-corrected chi connectivity index (χ1v) is 7.16. The minimum atomic E-state index is -0.675. The number of carbonyl (C=O) groups excluding carboxylic acids is 1. The third kappa shape index (κ3) is 3.20. The van der Waals surface area contributed by atoms with Crippen molar-refractivity contribution in [3.63, 3.8) is 0 Å². The summed E-state index contributed by atoms with van der Waals surface area (Å²) in [7, 11) is 2.08. The van der Waals surface area contributed by atoms with Gasteiger partial charge in [0.2, 0.25) is 5.91 Å². The van der Waals surface area contributed by atoms with Crippen molar-refractivity contribution in [1.29, 1.82) is 0 Å². The number of piperidine rings is 1. The molecule has 0 radical (unpaired) electrons. The second-order valence-corrected chi connectivity index (χ2v) is 5.67. The van der Waals surface area contributed by atoms with Gasteiger partial charge in [-0.25, -0.2) is 0 Å². The van der Waals surface area contributed by atoms with Crippen molar-refractivity contribution in [3.8, 4) is 0 Å². The lowest BCUT2D eigenvalue weighted by atomic mass is 9.81.